The molecule has 3 aromatic rings. The molecule has 13 heteroatoms. The first kappa shape index (κ1) is 34.1. The molecular formula is C29H40BFN6O5. The Balaban J connectivity index is 0.00000616. The van der Waals surface area contributed by atoms with Crippen molar-refractivity contribution >= 4 is 30.6 Å². The summed E-state index contributed by atoms with van der Waals surface area (Å²) in [6.07, 6.45) is 2.87. The molecule has 0 radical (unpaired) electrons. The van der Waals surface area contributed by atoms with Gasteiger partial charge >= 0.3 is 7.05 Å². The molecule has 2 atom stereocenters. The third kappa shape index (κ3) is 9.50. The van der Waals surface area contributed by atoms with E-state index >= 15 is 0 Å². The van der Waals surface area contributed by atoms with Gasteiger partial charge in [-0.05, 0) is 43.9 Å². The molecule has 0 saturated heterocycles. The van der Waals surface area contributed by atoms with Gasteiger partial charge in [0.2, 0.25) is 11.8 Å². The third-order valence-corrected chi connectivity index (χ3v) is 6.17. The standard InChI is InChI=1S/C28H36BFN6O5.CH4/c1-28(2,34-29(3)40)27(39)32-22(17-41-16-19-9-7-6-8-10-19)25(37)33-23-15-36(18-31-23)24(26(38)35(4)5)20-11-13-21(30)14-12-20;/h6-15,18,22,24,34,40H,16-17H2,1-5H3,(H,32,39)(H,33,37);1H4. The number of imidazole rings is 1. The van der Waals surface area contributed by atoms with E-state index in [9.17, 15) is 23.8 Å². The van der Waals surface area contributed by atoms with E-state index in [4.69, 9.17) is 4.74 Å². The number of anilines is 1. The number of rotatable bonds is 13. The van der Waals surface area contributed by atoms with Gasteiger partial charge in [0.15, 0.2) is 5.82 Å². The number of carbonyl (C=O) groups excluding carboxylic acids is 3. The van der Waals surface area contributed by atoms with E-state index in [2.05, 4.69) is 20.8 Å². The number of carbonyl (C=O) groups is 3. The first-order valence-corrected chi connectivity index (χ1v) is 13.1. The largest absolute Gasteiger partial charge is 0.437 e. The summed E-state index contributed by atoms with van der Waals surface area (Å²) in [7, 11) is 2.25. The van der Waals surface area contributed by atoms with Gasteiger partial charge in [0, 0.05) is 20.3 Å². The van der Waals surface area contributed by atoms with Crippen LogP contribution in [-0.4, -0.2) is 76.5 Å². The summed E-state index contributed by atoms with van der Waals surface area (Å²) in [5.74, 6) is -1.70. The second kappa shape index (κ2) is 15.2. The van der Waals surface area contributed by atoms with Crippen molar-refractivity contribution in [3.8, 4) is 0 Å². The number of halogens is 1. The van der Waals surface area contributed by atoms with E-state index in [1.54, 1.807) is 27.9 Å². The van der Waals surface area contributed by atoms with Crippen LogP contribution in [0.5, 0.6) is 0 Å². The lowest BCUT2D eigenvalue weighted by atomic mass is 9.83. The van der Waals surface area contributed by atoms with Crippen LogP contribution in [0.2, 0.25) is 6.82 Å². The zero-order valence-electron chi connectivity index (χ0n) is 23.8. The minimum atomic E-state index is -1.19. The van der Waals surface area contributed by atoms with Crippen LogP contribution in [0.3, 0.4) is 0 Å². The predicted octanol–water partition coefficient (Wildman–Crippen LogP) is 2.45. The van der Waals surface area contributed by atoms with Gasteiger partial charge in [-0.15, -0.1) is 0 Å². The summed E-state index contributed by atoms with van der Waals surface area (Å²) in [5.41, 5.74) is 0.237. The minimum absolute atomic E-state index is 0. The number of hydrogen-bond acceptors (Lipinski definition) is 7. The molecule has 3 amide bonds. The summed E-state index contributed by atoms with van der Waals surface area (Å²) < 4.78 is 20.8. The lowest BCUT2D eigenvalue weighted by Gasteiger charge is -2.28. The molecule has 0 aliphatic heterocycles. The van der Waals surface area contributed by atoms with Gasteiger partial charge in [0.1, 0.15) is 17.9 Å². The molecule has 0 saturated carbocycles. The van der Waals surface area contributed by atoms with Crippen molar-refractivity contribution in [2.24, 2.45) is 0 Å². The maximum atomic E-state index is 13.5. The molecule has 3 rings (SSSR count). The summed E-state index contributed by atoms with van der Waals surface area (Å²) >= 11 is 0. The van der Waals surface area contributed by atoms with Gasteiger partial charge in [-0.1, -0.05) is 49.9 Å². The zero-order chi connectivity index (χ0) is 30.2. The minimum Gasteiger partial charge on any atom is -0.437 e. The summed E-state index contributed by atoms with van der Waals surface area (Å²) in [6.45, 7) is 4.71. The number of amides is 3. The number of nitrogens with zero attached hydrogens (tertiary/aromatic N) is 3. The third-order valence-electron chi connectivity index (χ3n) is 6.17. The molecule has 2 aromatic carbocycles. The van der Waals surface area contributed by atoms with Crippen molar-refractivity contribution in [3.05, 3.63) is 84.1 Å². The first-order chi connectivity index (χ1) is 19.4. The fraction of sp³-hybridized carbons (Fsp3) is 0.379. The zero-order valence-corrected chi connectivity index (χ0v) is 23.8. The second-order valence-electron chi connectivity index (χ2n) is 10.4. The highest BCUT2D eigenvalue weighted by atomic mass is 19.1. The van der Waals surface area contributed by atoms with Gasteiger partial charge < -0.3 is 35.1 Å². The molecule has 226 valence electrons. The molecule has 4 N–H and O–H groups in total. The Hall–Kier alpha value is -4.07. The van der Waals surface area contributed by atoms with Crippen molar-refractivity contribution in [2.45, 2.75) is 52.3 Å². The topological polar surface area (TPSA) is 138 Å². The highest BCUT2D eigenvalue weighted by Crippen LogP contribution is 2.22. The van der Waals surface area contributed by atoms with Crippen molar-refractivity contribution in [1.82, 2.24) is 25.0 Å². The molecule has 0 aliphatic carbocycles. The Morgan fingerprint density at radius 2 is 1.76 bits per heavy atom. The maximum Gasteiger partial charge on any atom is 0.374 e. The number of benzene rings is 2. The van der Waals surface area contributed by atoms with Gasteiger partial charge in [-0.2, -0.15) is 0 Å². The van der Waals surface area contributed by atoms with Crippen LogP contribution in [0.25, 0.3) is 0 Å². The SMILES string of the molecule is C.CB(O)NC(C)(C)C(=O)NC(COCc1ccccc1)C(=O)Nc1cn(C(C(=O)N(C)C)c2ccc(F)cc2)cn1. The Morgan fingerprint density at radius 1 is 1.12 bits per heavy atom. The normalized spacial score (nSPS) is 12.5. The maximum absolute atomic E-state index is 13.5. The van der Waals surface area contributed by atoms with Gasteiger partial charge in [0.05, 0.1) is 25.1 Å². The molecule has 42 heavy (non-hydrogen) atoms. The molecule has 0 bridgehead atoms. The molecule has 0 fully saturated rings. The van der Waals surface area contributed by atoms with Crippen LogP contribution in [0.1, 0.15) is 38.4 Å². The Bertz CT molecular complexity index is 1320. The van der Waals surface area contributed by atoms with E-state index in [1.807, 2.05) is 30.3 Å². The average molecular weight is 582 g/mol. The fourth-order valence-corrected chi connectivity index (χ4v) is 4.07. The van der Waals surface area contributed by atoms with E-state index in [1.165, 1.54) is 53.1 Å². The molecule has 0 aliphatic rings. The highest BCUT2D eigenvalue weighted by Gasteiger charge is 2.33. The molecule has 1 heterocycles. The molecular weight excluding hydrogens is 542 g/mol. The Labute approximate surface area is 246 Å². The van der Waals surface area contributed by atoms with Gasteiger partial charge in [0.25, 0.3) is 5.91 Å². The van der Waals surface area contributed by atoms with E-state index < -0.39 is 42.3 Å². The summed E-state index contributed by atoms with van der Waals surface area (Å²) in [5, 5.41) is 17.8. The highest BCUT2D eigenvalue weighted by molar-refractivity contribution is 6.46. The number of ether oxygens (including phenoxy) is 1. The van der Waals surface area contributed by atoms with Crippen molar-refractivity contribution in [3.63, 3.8) is 0 Å². The van der Waals surface area contributed by atoms with E-state index in [-0.39, 0.29) is 32.4 Å². The van der Waals surface area contributed by atoms with Crippen molar-refractivity contribution in [2.75, 3.05) is 26.0 Å². The number of likely N-dealkylation sites (N-methyl/N-ethyl adjacent to an activating group) is 1. The van der Waals surface area contributed by atoms with Crippen LogP contribution in [0.15, 0.2) is 67.1 Å². The van der Waals surface area contributed by atoms with E-state index in [0.29, 0.717) is 5.56 Å². The fourth-order valence-electron chi connectivity index (χ4n) is 4.07. The second-order valence-corrected chi connectivity index (χ2v) is 10.4. The number of aromatic nitrogens is 2. The molecule has 0 spiro atoms. The van der Waals surface area contributed by atoms with Crippen LogP contribution in [0.4, 0.5) is 10.2 Å². The quantitative estimate of drug-likeness (QED) is 0.227. The van der Waals surface area contributed by atoms with Crippen LogP contribution in [0, 0.1) is 5.82 Å². The Morgan fingerprint density at radius 3 is 2.36 bits per heavy atom. The molecule has 11 nitrogen and oxygen atoms in total. The predicted molar refractivity (Wildman–Crippen MR) is 160 cm³/mol. The first-order valence-electron chi connectivity index (χ1n) is 13.1. The smallest absolute Gasteiger partial charge is 0.374 e. The van der Waals surface area contributed by atoms with Gasteiger partial charge in [-0.25, -0.2) is 9.37 Å². The summed E-state index contributed by atoms with van der Waals surface area (Å²) in [4.78, 5) is 45.0. The van der Waals surface area contributed by atoms with E-state index in [0.717, 1.165) is 5.56 Å². The van der Waals surface area contributed by atoms with Crippen LogP contribution in [-0.2, 0) is 25.7 Å². The number of hydrogen-bond donors (Lipinski definition) is 4. The summed E-state index contributed by atoms with van der Waals surface area (Å²) in [6, 6.07) is 13.0. The van der Waals surface area contributed by atoms with Crippen LogP contribution >= 0.6 is 0 Å². The lowest BCUT2D eigenvalue weighted by molar-refractivity contribution is -0.131. The molecule has 1 aromatic heterocycles. The van der Waals surface area contributed by atoms with Crippen molar-refractivity contribution < 1.29 is 28.5 Å². The van der Waals surface area contributed by atoms with Crippen LogP contribution < -0.4 is 15.9 Å². The van der Waals surface area contributed by atoms with Crippen molar-refractivity contribution in [1.29, 1.82) is 0 Å². The monoisotopic (exact) mass is 582 g/mol. The Kier molecular flexibility index (Phi) is 12.4. The average Bonchev–Trinajstić information content (AvgIpc) is 3.36. The lowest BCUT2D eigenvalue weighted by Crippen LogP contribution is -2.60. The number of nitrogens with one attached hydrogen (secondary N) is 3. The molecule has 2 unspecified atom stereocenters. The van der Waals surface area contributed by atoms with Gasteiger partial charge in [-0.3, -0.25) is 14.4 Å².